The second kappa shape index (κ2) is 6.13. The maximum absolute atomic E-state index is 12.1. The van der Waals surface area contributed by atoms with Crippen LogP contribution in [0, 0.1) is 5.92 Å². The van der Waals surface area contributed by atoms with Crippen LogP contribution in [0.1, 0.15) is 24.8 Å². The first-order chi connectivity index (χ1) is 10.2. The second-order valence-corrected chi connectivity index (χ2v) is 5.89. The minimum absolute atomic E-state index is 0.276. The summed E-state index contributed by atoms with van der Waals surface area (Å²) < 4.78 is 0. The van der Waals surface area contributed by atoms with Gasteiger partial charge in [0, 0.05) is 19.5 Å². The zero-order valence-corrected chi connectivity index (χ0v) is 12.5. The van der Waals surface area contributed by atoms with Crippen molar-refractivity contribution in [1.29, 1.82) is 0 Å². The molecule has 0 aromatic heterocycles. The molecule has 2 nitrogen and oxygen atoms in total. The molecule has 0 heterocycles. The van der Waals surface area contributed by atoms with Gasteiger partial charge >= 0.3 is 0 Å². The van der Waals surface area contributed by atoms with E-state index in [0.717, 1.165) is 12.8 Å². The van der Waals surface area contributed by atoms with Crippen molar-refractivity contribution in [3.63, 3.8) is 0 Å². The van der Waals surface area contributed by atoms with E-state index in [2.05, 4.69) is 36.4 Å². The molecule has 0 spiro atoms. The molecular weight excluding hydrogens is 258 g/mol. The van der Waals surface area contributed by atoms with Gasteiger partial charge in [-0.15, -0.1) is 0 Å². The molecule has 0 saturated heterocycles. The van der Waals surface area contributed by atoms with Gasteiger partial charge in [0.25, 0.3) is 0 Å². The van der Waals surface area contributed by atoms with Crippen molar-refractivity contribution < 1.29 is 4.79 Å². The van der Waals surface area contributed by atoms with Gasteiger partial charge in [-0.05, 0) is 29.5 Å². The van der Waals surface area contributed by atoms with Gasteiger partial charge in [-0.1, -0.05) is 61.0 Å². The third kappa shape index (κ3) is 3.15. The summed E-state index contributed by atoms with van der Waals surface area (Å²) in [6, 6.07) is 18.8. The average Bonchev–Trinajstić information content (AvgIpc) is 2.47. The Hall–Kier alpha value is -2.09. The fraction of sp³-hybridized carbons (Fsp3) is 0.316. The van der Waals surface area contributed by atoms with E-state index < -0.39 is 0 Å². The molecule has 0 atom stereocenters. The van der Waals surface area contributed by atoms with Crippen LogP contribution in [0.5, 0.6) is 0 Å². The topological polar surface area (TPSA) is 20.3 Å². The van der Waals surface area contributed by atoms with Crippen LogP contribution in [-0.4, -0.2) is 17.9 Å². The fourth-order valence-electron chi connectivity index (χ4n) is 2.75. The first-order valence-corrected chi connectivity index (χ1v) is 7.63. The zero-order valence-electron chi connectivity index (χ0n) is 12.5. The quantitative estimate of drug-likeness (QED) is 0.824. The number of nitrogens with zero attached hydrogens (tertiary/aromatic N) is 1. The van der Waals surface area contributed by atoms with E-state index in [1.54, 1.807) is 0 Å². The van der Waals surface area contributed by atoms with Crippen molar-refractivity contribution in [3.8, 4) is 11.1 Å². The normalized spacial score (nSPS) is 14.5. The molecule has 0 radical (unpaired) electrons. The Bertz CT molecular complexity index is 599. The Kier molecular flexibility index (Phi) is 4.05. The largest absolute Gasteiger partial charge is 0.341 e. The van der Waals surface area contributed by atoms with Crippen LogP contribution in [-0.2, 0) is 11.3 Å². The highest BCUT2D eigenvalue weighted by Crippen LogP contribution is 2.28. The summed E-state index contributed by atoms with van der Waals surface area (Å²) in [6.07, 6.45) is 3.34. The number of rotatable bonds is 4. The van der Waals surface area contributed by atoms with Crippen LogP contribution in [0.15, 0.2) is 54.6 Å². The molecule has 1 saturated carbocycles. The van der Waals surface area contributed by atoms with E-state index in [4.69, 9.17) is 0 Å². The summed E-state index contributed by atoms with van der Waals surface area (Å²) in [5.74, 6) is 0.576. The van der Waals surface area contributed by atoms with Crippen LogP contribution < -0.4 is 0 Å². The molecule has 1 aliphatic carbocycles. The highest BCUT2D eigenvalue weighted by Gasteiger charge is 2.27. The van der Waals surface area contributed by atoms with E-state index in [-0.39, 0.29) is 5.92 Å². The van der Waals surface area contributed by atoms with E-state index in [0.29, 0.717) is 12.5 Å². The lowest BCUT2D eigenvalue weighted by atomic mass is 9.84. The molecule has 108 valence electrons. The molecule has 21 heavy (non-hydrogen) atoms. The monoisotopic (exact) mass is 279 g/mol. The van der Waals surface area contributed by atoms with Gasteiger partial charge in [0.15, 0.2) is 0 Å². The average molecular weight is 279 g/mol. The van der Waals surface area contributed by atoms with Gasteiger partial charge in [-0.25, -0.2) is 0 Å². The molecule has 2 aromatic carbocycles. The summed E-state index contributed by atoms with van der Waals surface area (Å²) in [5, 5.41) is 0. The maximum Gasteiger partial charge on any atom is 0.225 e. The van der Waals surface area contributed by atoms with Crippen LogP contribution >= 0.6 is 0 Å². The van der Waals surface area contributed by atoms with Crippen molar-refractivity contribution in [2.24, 2.45) is 5.92 Å². The number of benzene rings is 2. The van der Waals surface area contributed by atoms with Gasteiger partial charge in [-0.2, -0.15) is 0 Å². The van der Waals surface area contributed by atoms with Crippen molar-refractivity contribution in [3.05, 3.63) is 60.2 Å². The lowest BCUT2D eigenvalue weighted by Crippen LogP contribution is -2.35. The lowest BCUT2D eigenvalue weighted by molar-refractivity contribution is -0.137. The number of hydrogen-bond donors (Lipinski definition) is 0. The van der Waals surface area contributed by atoms with E-state index in [1.807, 2.05) is 30.1 Å². The van der Waals surface area contributed by atoms with Crippen LogP contribution in [0.4, 0.5) is 0 Å². The maximum atomic E-state index is 12.1. The molecule has 0 N–H and O–H groups in total. The van der Waals surface area contributed by atoms with Gasteiger partial charge in [-0.3, -0.25) is 4.79 Å². The van der Waals surface area contributed by atoms with E-state index in [9.17, 15) is 4.79 Å². The van der Waals surface area contributed by atoms with Gasteiger partial charge < -0.3 is 4.90 Å². The molecule has 3 rings (SSSR count). The Morgan fingerprint density at radius 1 is 1.00 bits per heavy atom. The molecule has 1 aliphatic rings. The van der Waals surface area contributed by atoms with E-state index >= 15 is 0 Å². The predicted molar refractivity (Wildman–Crippen MR) is 85.7 cm³/mol. The highest BCUT2D eigenvalue weighted by atomic mass is 16.2. The minimum Gasteiger partial charge on any atom is -0.341 e. The minimum atomic E-state index is 0.276. The zero-order chi connectivity index (χ0) is 14.7. The summed E-state index contributed by atoms with van der Waals surface area (Å²) in [7, 11) is 1.91. The van der Waals surface area contributed by atoms with Crippen molar-refractivity contribution >= 4 is 5.91 Å². The summed E-state index contributed by atoms with van der Waals surface area (Å²) in [6.45, 7) is 0.699. The Labute approximate surface area is 126 Å². The first kappa shape index (κ1) is 13.9. The number of carbonyl (C=O) groups excluding carboxylic acids is 1. The highest BCUT2D eigenvalue weighted by molar-refractivity contribution is 5.79. The van der Waals surface area contributed by atoms with Gasteiger partial charge in [0.1, 0.15) is 0 Å². The molecule has 1 fully saturated rings. The first-order valence-electron chi connectivity index (χ1n) is 7.63. The summed E-state index contributed by atoms with van der Waals surface area (Å²) >= 11 is 0. The molecule has 1 amide bonds. The molecule has 2 heteroatoms. The molecular formula is C19H21NO. The Morgan fingerprint density at radius 3 is 2.19 bits per heavy atom. The summed E-state index contributed by atoms with van der Waals surface area (Å²) in [4.78, 5) is 14.0. The van der Waals surface area contributed by atoms with E-state index in [1.165, 1.54) is 23.1 Å². The second-order valence-electron chi connectivity index (χ2n) is 5.89. The molecule has 0 bridgehead atoms. The Morgan fingerprint density at radius 2 is 1.62 bits per heavy atom. The van der Waals surface area contributed by atoms with Gasteiger partial charge in [0.2, 0.25) is 5.91 Å². The van der Waals surface area contributed by atoms with Crippen molar-refractivity contribution in [2.75, 3.05) is 7.05 Å². The number of hydrogen-bond acceptors (Lipinski definition) is 1. The SMILES string of the molecule is CN(Cc1ccc(-c2ccccc2)cc1)C(=O)C1CCC1. The Balaban J connectivity index is 1.65. The van der Waals surface area contributed by atoms with Crippen LogP contribution in [0.3, 0.4) is 0 Å². The molecule has 0 aliphatic heterocycles. The third-order valence-corrected chi connectivity index (χ3v) is 4.31. The predicted octanol–water partition coefficient (Wildman–Crippen LogP) is 4.11. The lowest BCUT2D eigenvalue weighted by Gasteiger charge is -2.29. The number of carbonyl (C=O) groups is 1. The standard InChI is InChI=1S/C19H21NO/c1-20(19(21)18-8-5-9-18)14-15-10-12-17(13-11-15)16-6-3-2-4-7-16/h2-4,6-7,10-13,18H,5,8-9,14H2,1H3. The summed E-state index contributed by atoms with van der Waals surface area (Å²) in [5.41, 5.74) is 3.63. The molecule has 0 unspecified atom stereocenters. The molecule has 2 aromatic rings. The smallest absolute Gasteiger partial charge is 0.225 e. The van der Waals surface area contributed by atoms with Crippen molar-refractivity contribution in [2.45, 2.75) is 25.8 Å². The van der Waals surface area contributed by atoms with Crippen LogP contribution in [0.25, 0.3) is 11.1 Å². The van der Waals surface area contributed by atoms with Crippen molar-refractivity contribution in [1.82, 2.24) is 4.90 Å². The van der Waals surface area contributed by atoms with Gasteiger partial charge in [0.05, 0.1) is 0 Å². The van der Waals surface area contributed by atoms with Crippen LogP contribution in [0.2, 0.25) is 0 Å². The number of amides is 1. The fourth-order valence-corrected chi connectivity index (χ4v) is 2.75. The third-order valence-electron chi connectivity index (χ3n) is 4.31.